The second-order valence-corrected chi connectivity index (χ2v) is 8.60. The Kier molecular flexibility index (Phi) is 3.98. The van der Waals surface area contributed by atoms with E-state index in [1.54, 1.807) is 12.1 Å². The molecule has 0 atom stereocenters. The van der Waals surface area contributed by atoms with Gasteiger partial charge in [-0.15, -0.1) is 0 Å². The van der Waals surface area contributed by atoms with Gasteiger partial charge in [0, 0.05) is 22.3 Å². The average molecular weight is 334 g/mol. The molecule has 2 nitrogen and oxygen atoms in total. The fraction of sp³-hybridized carbons (Fsp3) is 0.391. The molecule has 0 unspecified atom stereocenters. The first-order chi connectivity index (χ1) is 11.6. The van der Waals surface area contributed by atoms with Crippen LogP contribution in [0.5, 0.6) is 0 Å². The Balaban J connectivity index is 2.42. The van der Waals surface area contributed by atoms with Gasteiger partial charge in [0.05, 0.1) is 0 Å². The molecule has 0 amide bonds. The van der Waals surface area contributed by atoms with Crippen LogP contribution in [0.15, 0.2) is 36.4 Å². The summed E-state index contributed by atoms with van der Waals surface area (Å²) in [7, 11) is 0. The largest absolute Gasteiger partial charge is 0.289 e. The minimum Gasteiger partial charge on any atom is -0.289 e. The minimum atomic E-state index is -0.184. The van der Waals surface area contributed by atoms with Crippen molar-refractivity contribution in [2.24, 2.45) is 0 Å². The molecule has 0 heterocycles. The van der Waals surface area contributed by atoms with Gasteiger partial charge >= 0.3 is 0 Å². The fourth-order valence-electron chi connectivity index (χ4n) is 3.69. The van der Waals surface area contributed by atoms with Gasteiger partial charge < -0.3 is 0 Å². The quantitative estimate of drug-likeness (QED) is 0.625. The van der Waals surface area contributed by atoms with Gasteiger partial charge in [0.2, 0.25) is 0 Å². The van der Waals surface area contributed by atoms with Gasteiger partial charge in [0.15, 0.2) is 11.6 Å². The summed E-state index contributed by atoms with van der Waals surface area (Å²) >= 11 is 0. The molecule has 0 radical (unpaired) electrons. The summed E-state index contributed by atoms with van der Waals surface area (Å²) in [6, 6.07) is 11.1. The molecule has 130 valence electrons. The maximum absolute atomic E-state index is 13.4. The van der Waals surface area contributed by atoms with Crippen LogP contribution in [0.2, 0.25) is 0 Å². The SMILES string of the molecule is CCC(C)(C)c1c(C(C)(C)C)ccc2c1C(=O)c1ccccc1C2=O. The van der Waals surface area contributed by atoms with Crippen molar-refractivity contribution in [3.63, 3.8) is 0 Å². The highest BCUT2D eigenvalue weighted by atomic mass is 16.1. The van der Waals surface area contributed by atoms with Crippen molar-refractivity contribution in [2.45, 2.75) is 58.8 Å². The number of fused-ring (bicyclic) bond motifs is 2. The van der Waals surface area contributed by atoms with Crippen LogP contribution < -0.4 is 0 Å². The summed E-state index contributed by atoms with van der Waals surface area (Å²) in [5.74, 6) is -0.0633. The van der Waals surface area contributed by atoms with Gasteiger partial charge in [0.25, 0.3) is 0 Å². The number of hydrogen-bond donors (Lipinski definition) is 0. The molecule has 25 heavy (non-hydrogen) atoms. The summed E-state index contributed by atoms with van der Waals surface area (Å²) < 4.78 is 0. The lowest BCUT2D eigenvalue weighted by molar-refractivity contribution is 0.0977. The standard InChI is InChI=1S/C23H26O2/c1-7-23(5,6)19-17(22(2,3)4)13-12-16-18(19)21(25)15-11-9-8-10-14(15)20(16)24/h8-13H,7H2,1-6H3. The van der Waals surface area contributed by atoms with E-state index < -0.39 is 0 Å². The van der Waals surface area contributed by atoms with E-state index in [0.717, 1.165) is 17.5 Å². The van der Waals surface area contributed by atoms with Crippen molar-refractivity contribution in [1.29, 1.82) is 0 Å². The number of benzene rings is 2. The number of ketones is 2. The number of hydrogen-bond acceptors (Lipinski definition) is 2. The molecule has 0 saturated carbocycles. The third-order valence-corrected chi connectivity index (χ3v) is 5.46. The van der Waals surface area contributed by atoms with Gasteiger partial charge in [-0.3, -0.25) is 9.59 Å². The van der Waals surface area contributed by atoms with Gasteiger partial charge in [-0.2, -0.15) is 0 Å². The molecular formula is C23H26O2. The van der Waals surface area contributed by atoms with Crippen molar-refractivity contribution in [3.8, 4) is 0 Å². The normalized spacial score (nSPS) is 14.3. The topological polar surface area (TPSA) is 34.1 Å². The van der Waals surface area contributed by atoms with Gasteiger partial charge in [-0.25, -0.2) is 0 Å². The van der Waals surface area contributed by atoms with Crippen molar-refractivity contribution in [3.05, 3.63) is 69.8 Å². The van der Waals surface area contributed by atoms with Crippen LogP contribution in [0.4, 0.5) is 0 Å². The maximum Gasteiger partial charge on any atom is 0.194 e. The van der Waals surface area contributed by atoms with E-state index in [-0.39, 0.29) is 22.4 Å². The zero-order valence-corrected chi connectivity index (χ0v) is 16.0. The molecule has 0 spiro atoms. The van der Waals surface area contributed by atoms with Crippen LogP contribution in [0, 0.1) is 0 Å². The molecule has 3 rings (SSSR count). The lowest BCUT2D eigenvalue weighted by Gasteiger charge is -2.35. The van der Waals surface area contributed by atoms with Gasteiger partial charge in [0.1, 0.15) is 0 Å². The molecule has 2 aromatic rings. The predicted molar refractivity (Wildman–Crippen MR) is 102 cm³/mol. The van der Waals surface area contributed by atoms with E-state index in [4.69, 9.17) is 0 Å². The van der Waals surface area contributed by atoms with Crippen LogP contribution in [-0.2, 0) is 10.8 Å². The first-order valence-corrected chi connectivity index (χ1v) is 8.96. The Morgan fingerprint density at radius 1 is 0.760 bits per heavy atom. The summed E-state index contributed by atoms with van der Waals surface area (Å²) in [5, 5.41) is 0. The van der Waals surface area contributed by atoms with E-state index in [0.29, 0.717) is 22.3 Å². The first kappa shape index (κ1) is 17.6. The Morgan fingerprint density at radius 2 is 1.32 bits per heavy atom. The van der Waals surface area contributed by atoms with Crippen LogP contribution in [0.3, 0.4) is 0 Å². The highest BCUT2D eigenvalue weighted by Gasteiger charge is 2.38. The summed E-state index contributed by atoms with van der Waals surface area (Å²) in [6.07, 6.45) is 0.898. The summed E-state index contributed by atoms with van der Waals surface area (Å²) in [4.78, 5) is 26.4. The van der Waals surface area contributed by atoms with Crippen LogP contribution in [0.1, 0.15) is 90.9 Å². The molecule has 1 aliphatic carbocycles. The Morgan fingerprint density at radius 3 is 1.84 bits per heavy atom. The van der Waals surface area contributed by atoms with E-state index in [1.165, 1.54) is 0 Å². The molecular weight excluding hydrogens is 308 g/mol. The summed E-state index contributed by atoms with van der Waals surface area (Å²) in [6.45, 7) is 12.9. The minimum absolute atomic E-state index is 0.0205. The molecule has 0 bridgehead atoms. The fourth-order valence-corrected chi connectivity index (χ4v) is 3.69. The summed E-state index contributed by atoms with van der Waals surface area (Å²) in [5.41, 5.74) is 4.11. The van der Waals surface area contributed by atoms with Crippen LogP contribution >= 0.6 is 0 Å². The van der Waals surface area contributed by atoms with Crippen molar-refractivity contribution in [1.82, 2.24) is 0 Å². The molecule has 0 saturated heterocycles. The molecule has 2 aromatic carbocycles. The number of carbonyl (C=O) groups excluding carboxylic acids is 2. The average Bonchev–Trinajstić information content (AvgIpc) is 2.57. The Labute approximate surface area is 150 Å². The zero-order chi connectivity index (χ0) is 18.6. The van der Waals surface area contributed by atoms with E-state index >= 15 is 0 Å². The Hall–Kier alpha value is -2.22. The highest BCUT2D eigenvalue weighted by molar-refractivity contribution is 6.29. The van der Waals surface area contributed by atoms with Crippen LogP contribution in [0.25, 0.3) is 0 Å². The van der Waals surface area contributed by atoms with Gasteiger partial charge in [-0.05, 0) is 34.4 Å². The zero-order valence-electron chi connectivity index (χ0n) is 16.0. The second kappa shape index (κ2) is 5.66. The van der Waals surface area contributed by atoms with E-state index in [2.05, 4.69) is 41.5 Å². The predicted octanol–water partition coefficient (Wildman–Crippen LogP) is 5.45. The van der Waals surface area contributed by atoms with E-state index in [1.807, 2.05) is 24.3 Å². The molecule has 0 N–H and O–H groups in total. The molecule has 0 aliphatic heterocycles. The monoisotopic (exact) mass is 334 g/mol. The van der Waals surface area contributed by atoms with Crippen molar-refractivity contribution < 1.29 is 9.59 Å². The maximum atomic E-state index is 13.4. The third-order valence-electron chi connectivity index (χ3n) is 5.46. The van der Waals surface area contributed by atoms with E-state index in [9.17, 15) is 9.59 Å². The lowest BCUT2D eigenvalue weighted by Crippen LogP contribution is -2.31. The van der Waals surface area contributed by atoms with Crippen molar-refractivity contribution in [2.75, 3.05) is 0 Å². The Bertz CT molecular complexity index is 879. The number of rotatable bonds is 2. The molecule has 0 fully saturated rings. The van der Waals surface area contributed by atoms with Crippen molar-refractivity contribution >= 4 is 11.6 Å². The molecule has 2 heteroatoms. The third kappa shape index (κ3) is 2.64. The lowest BCUT2D eigenvalue weighted by atomic mass is 9.67. The van der Waals surface area contributed by atoms with Crippen LogP contribution in [-0.4, -0.2) is 11.6 Å². The molecule has 1 aliphatic rings. The smallest absolute Gasteiger partial charge is 0.194 e. The number of carbonyl (C=O) groups is 2. The molecule has 0 aromatic heterocycles. The first-order valence-electron chi connectivity index (χ1n) is 8.96. The second-order valence-electron chi connectivity index (χ2n) is 8.60. The van der Waals surface area contributed by atoms with Gasteiger partial charge in [-0.1, -0.05) is 71.9 Å². The highest BCUT2D eigenvalue weighted by Crippen LogP contribution is 2.42.